The summed E-state index contributed by atoms with van der Waals surface area (Å²) in [7, 11) is 0. The number of nitrogens with one attached hydrogen (secondary N) is 2. The van der Waals surface area contributed by atoms with Crippen LogP contribution in [-0.2, 0) is 6.54 Å². The van der Waals surface area contributed by atoms with E-state index < -0.39 is 12.8 Å². The summed E-state index contributed by atoms with van der Waals surface area (Å²) in [6, 6.07) is 6.72. The van der Waals surface area contributed by atoms with Crippen molar-refractivity contribution in [1.82, 2.24) is 10.6 Å². The average Bonchev–Trinajstić information content (AvgIpc) is 2.60. The molecule has 1 aromatic rings. The SMILES string of the molecule is CCNC(=NCc1ccc(OCC(F)(F)F)cc1)NC1CCC(O)CC1.I. The van der Waals surface area contributed by atoms with Crippen molar-refractivity contribution in [1.29, 1.82) is 0 Å². The Kier molecular flexibility index (Phi) is 10.2. The van der Waals surface area contributed by atoms with Crippen LogP contribution < -0.4 is 15.4 Å². The number of nitrogens with zero attached hydrogens (tertiary/aromatic N) is 1. The molecular formula is C18H27F3IN3O2. The second-order valence-electron chi connectivity index (χ2n) is 6.39. The molecule has 1 aliphatic rings. The van der Waals surface area contributed by atoms with Gasteiger partial charge < -0.3 is 20.5 Å². The van der Waals surface area contributed by atoms with E-state index in [2.05, 4.69) is 15.6 Å². The van der Waals surface area contributed by atoms with E-state index in [0.717, 1.165) is 37.8 Å². The molecule has 1 aromatic carbocycles. The molecule has 0 spiro atoms. The number of guanidine groups is 1. The number of aliphatic imine (C=N–C) groups is 1. The fourth-order valence-corrected chi connectivity index (χ4v) is 2.76. The van der Waals surface area contributed by atoms with Crippen LogP contribution in [0.4, 0.5) is 13.2 Å². The maximum absolute atomic E-state index is 12.1. The van der Waals surface area contributed by atoms with Crippen molar-refractivity contribution in [3.63, 3.8) is 0 Å². The van der Waals surface area contributed by atoms with Crippen molar-refractivity contribution in [2.45, 2.75) is 57.5 Å². The largest absolute Gasteiger partial charge is 0.484 e. The molecule has 0 unspecified atom stereocenters. The van der Waals surface area contributed by atoms with E-state index in [0.29, 0.717) is 12.5 Å². The average molecular weight is 501 g/mol. The van der Waals surface area contributed by atoms with Crippen molar-refractivity contribution < 1.29 is 23.0 Å². The summed E-state index contributed by atoms with van der Waals surface area (Å²) in [4.78, 5) is 4.52. The van der Waals surface area contributed by atoms with Crippen LogP contribution in [0, 0.1) is 0 Å². The lowest BCUT2D eigenvalue weighted by Gasteiger charge is -2.27. The lowest BCUT2D eigenvalue weighted by Crippen LogP contribution is -2.45. The van der Waals surface area contributed by atoms with Crippen molar-refractivity contribution in [3.8, 4) is 5.75 Å². The molecule has 0 saturated heterocycles. The van der Waals surface area contributed by atoms with E-state index in [1.165, 1.54) is 12.1 Å². The third-order valence-electron chi connectivity index (χ3n) is 4.13. The summed E-state index contributed by atoms with van der Waals surface area (Å²) in [5.74, 6) is 0.882. The van der Waals surface area contributed by atoms with E-state index >= 15 is 0 Å². The van der Waals surface area contributed by atoms with Gasteiger partial charge in [-0.15, -0.1) is 24.0 Å². The minimum absolute atomic E-state index is 0. The molecule has 0 aliphatic heterocycles. The first-order valence-electron chi connectivity index (χ1n) is 8.87. The Balaban J connectivity index is 0.00000364. The van der Waals surface area contributed by atoms with Crippen LogP contribution in [0.5, 0.6) is 5.75 Å². The lowest BCUT2D eigenvalue weighted by atomic mass is 9.93. The Hall–Kier alpha value is -1.23. The number of aliphatic hydroxyl groups excluding tert-OH is 1. The van der Waals surface area contributed by atoms with Crippen LogP contribution in [0.15, 0.2) is 29.3 Å². The molecule has 27 heavy (non-hydrogen) atoms. The number of rotatable bonds is 6. The quantitative estimate of drug-likeness (QED) is 0.317. The maximum Gasteiger partial charge on any atom is 0.422 e. The van der Waals surface area contributed by atoms with Gasteiger partial charge in [0.25, 0.3) is 0 Å². The second-order valence-corrected chi connectivity index (χ2v) is 6.39. The molecule has 3 N–H and O–H groups in total. The predicted molar refractivity (Wildman–Crippen MR) is 110 cm³/mol. The number of aliphatic hydroxyl groups is 1. The molecule has 0 atom stereocenters. The highest BCUT2D eigenvalue weighted by Gasteiger charge is 2.28. The summed E-state index contributed by atoms with van der Waals surface area (Å²) in [5, 5.41) is 16.1. The van der Waals surface area contributed by atoms with Gasteiger partial charge in [-0.05, 0) is 50.3 Å². The van der Waals surface area contributed by atoms with Gasteiger partial charge in [-0.2, -0.15) is 13.2 Å². The molecule has 0 bridgehead atoms. The fraction of sp³-hybridized carbons (Fsp3) is 0.611. The summed E-state index contributed by atoms with van der Waals surface area (Å²) in [5.41, 5.74) is 0.876. The minimum Gasteiger partial charge on any atom is -0.484 e. The zero-order valence-electron chi connectivity index (χ0n) is 15.3. The molecule has 5 nitrogen and oxygen atoms in total. The Labute approximate surface area is 174 Å². The lowest BCUT2D eigenvalue weighted by molar-refractivity contribution is -0.153. The van der Waals surface area contributed by atoms with Crippen LogP contribution >= 0.6 is 24.0 Å². The highest BCUT2D eigenvalue weighted by molar-refractivity contribution is 14.0. The van der Waals surface area contributed by atoms with Gasteiger partial charge in [0, 0.05) is 12.6 Å². The molecule has 0 amide bonds. The Bertz CT molecular complexity index is 574. The number of halogens is 4. The normalized spacial score (nSPS) is 20.6. The minimum atomic E-state index is -4.34. The van der Waals surface area contributed by atoms with Crippen LogP contribution in [-0.4, -0.2) is 42.5 Å². The van der Waals surface area contributed by atoms with Crippen LogP contribution in [0.2, 0.25) is 0 Å². The van der Waals surface area contributed by atoms with E-state index in [-0.39, 0.29) is 41.9 Å². The molecule has 0 aromatic heterocycles. The van der Waals surface area contributed by atoms with E-state index in [4.69, 9.17) is 4.74 Å². The first kappa shape index (κ1) is 23.8. The van der Waals surface area contributed by atoms with Crippen molar-refractivity contribution in [3.05, 3.63) is 29.8 Å². The first-order valence-corrected chi connectivity index (χ1v) is 8.87. The summed E-state index contributed by atoms with van der Waals surface area (Å²) in [6.07, 6.45) is -1.17. The van der Waals surface area contributed by atoms with Gasteiger partial charge in [0.2, 0.25) is 0 Å². The summed E-state index contributed by atoms with van der Waals surface area (Å²) < 4.78 is 41.1. The molecule has 0 heterocycles. The molecular weight excluding hydrogens is 474 g/mol. The van der Waals surface area contributed by atoms with Gasteiger partial charge in [0.15, 0.2) is 12.6 Å². The molecule has 9 heteroatoms. The number of alkyl halides is 3. The van der Waals surface area contributed by atoms with Gasteiger partial charge in [-0.3, -0.25) is 0 Å². The molecule has 0 radical (unpaired) electrons. The van der Waals surface area contributed by atoms with Gasteiger partial charge >= 0.3 is 6.18 Å². The van der Waals surface area contributed by atoms with E-state index in [9.17, 15) is 18.3 Å². The van der Waals surface area contributed by atoms with Gasteiger partial charge in [0.05, 0.1) is 12.6 Å². The maximum atomic E-state index is 12.1. The smallest absolute Gasteiger partial charge is 0.422 e. The van der Waals surface area contributed by atoms with Gasteiger partial charge in [0.1, 0.15) is 5.75 Å². The van der Waals surface area contributed by atoms with Crippen molar-refractivity contribution >= 4 is 29.9 Å². The Morgan fingerprint density at radius 2 is 1.81 bits per heavy atom. The van der Waals surface area contributed by atoms with Gasteiger partial charge in [-0.25, -0.2) is 4.99 Å². The molecule has 154 valence electrons. The Morgan fingerprint density at radius 1 is 1.19 bits per heavy atom. The first-order chi connectivity index (χ1) is 12.4. The Morgan fingerprint density at radius 3 is 2.37 bits per heavy atom. The second kappa shape index (κ2) is 11.6. The number of ether oxygens (including phenoxy) is 1. The standard InChI is InChI=1S/C18H26F3N3O2.HI/c1-2-22-17(24-14-5-7-15(25)8-6-14)23-11-13-3-9-16(10-4-13)26-12-18(19,20)21;/h3-4,9-10,14-15,25H,2,5-8,11-12H2,1H3,(H2,22,23,24);1H. The zero-order valence-corrected chi connectivity index (χ0v) is 17.6. The molecule has 1 fully saturated rings. The zero-order chi connectivity index (χ0) is 19.0. The highest BCUT2D eigenvalue weighted by Crippen LogP contribution is 2.20. The topological polar surface area (TPSA) is 65.9 Å². The van der Waals surface area contributed by atoms with Gasteiger partial charge in [-0.1, -0.05) is 12.1 Å². The number of benzene rings is 1. The third kappa shape index (κ3) is 9.50. The van der Waals surface area contributed by atoms with Crippen molar-refractivity contribution in [2.75, 3.05) is 13.2 Å². The number of hydrogen-bond acceptors (Lipinski definition) is 3. The van der Waals surface area contributed by atoms with E-state index in [1.54, 1.807) is 12.1 Å². The molecule has 2 rings (SSSR count). The summed E-state index contributed by atoms with van der Waals surface area (Å²) in [6.45, 7) is 1.82. The monoisotopic (exact) mass is 501 g/mol. The van der Waals surface area contributed by atoms with Crippen LogP contribution in [0.25, 0.3) is 0 Å². The van der Waals surface area contributed by atoms with Crippen molar-refractivity contribution in [2.24, 2.45) is 4.99 Å². The molecule has 1 saturated carbocycles. The fourth-order valence-electron chi connectivity index (χ4n) is 2.76. The highest BCUT2D eigenvalue weighted by atomic mass is 127. The molecule has 1 aliphatic carbocycles. The number of hydrogen-bond donors (Lipinski definition) is 3. The van der Waals surface area contributed by atoms with Crippen LogP contribution in [0.1, 0.15) is 38.2 Å². The predicted octanol–water partition coefficient (Wildman–Crippen LogP) is 3.60. The third-order valence-corrected chi connectivity index (χ3v) is 4.13. The van der Waals surface area contributed by atoms with E-state index in [1.807, 2.05) is 6.92 Å². The summed E-state index contributed by atoms with van der Waals surface area (Å²) >= 11 is 0. The van der Waals surface area contributed by atoms with Crippen LogP contribution in [0.3, 0.4) is 0 Å².